The molecule has 0 spiro atoms. The molecule has 2 nitrogen and oxygen atoms in total. The molecule has 0 bridgehead atoms. The first-order valence-electron chi connectivity index (χ1n) is 5.61. The highest BCUT2D eigenvalue weighted by Gasteiger charge is 2.17. The molecule has 0 aliphatic heterocycles. The molecule has 2 aromatic rings. The Morgan fingerprint density at radius 3 is 2.69 bits per heavy atom. The van der Waals surface area contributed by atoms with Crippen molar-refractivity contribution in [2.75, 3.05) is 0 Å². The van der Waals surface area contributed by atoms with Gasteiger partial charge >= 0.3 is 0 Å². The SMILES string of the molecule is CCCn1c(Cl)c(C(C)O)c2ccccc21. The number of hydrogen-bond acceptors (Lipinski definition) is 1. The topological polar surface area (TPSA) is 25.2 Å². The number of fused-ring (bicyclic) bond motifs is 1. The summed E-state index contributed by atoms with van der Waals surface area (Å²) in [5, 5.41) is 11.5. The van der Waals surface area contributed by atoms with Gasteiger partial charge in [-0.3, -0.25) is 0 Å². The molecule has 1 aromatic carbocycles. The van der Waals surface area contributed by atoms with Crippen molar-refractivity contribution in [1.82, 2.24) is 4.57 Å². The molecule has 0 saturated carbocycles. The van der Waals surface area contributed by atoms with E-state index in [-0.39, 0.29) is 0 Å². The first-order valence-corrected chi connectivity index (χ1v) is 5.99. The fraction of sp³-hybridized carbons (Fsp3) is 0.385. The molecule has 86 valence electrons. The number of benzene rings is 1. The van der Waals surface area contributed by atoms with Gasteiger partial charge in [-0.1, -0.05) is 36.7 Å². The van der Waals surface area contributed by atoms with E-state index in [1.54, 1.807) is 6.92 Å². The Hall–Kier alpha value is -0.990. The van der Waals surface area contributed by atoms with Crippen LogP contribution < -0.4 is 0 Å². The zero-order chi connectivity index (χ0) is 11.7. The van der Waals surface area contributed by atoms with E-state index in [0.717, 1.165) is 29.4 Å². The standard InChI is InChI=1S/C13H16ClNO/c1-3-8-15-11-7-5-4-6-10(11)12(9(2)16)13(15)14/h4-7,9,16H,3,8H2,1-2H3. The zero-order valence-electron chi connectivity index (χ0n) is 9.57. The Bertz CT molecular complexity index is 502. The van der Waals surface area contributed by atoms with Gasteiger partial charge in [-0.05, 0) is 19.4 Å². The molecule has 3 heteroatoms. The van der Waals surface area contributed by atoms with Crippen molar-refractivity contribution in [3.63, 3.8) is 0 Å². The molecule has 0 fully saturated rings. The maximum Gasteiger partial charge on any atom is 0.115 e. The molecule has 0 aliphatic carbocycles. The second kappa shape index (κ2) is 4.48. The monoisotopic (exact) mass is 237 g/mol. The molecule has 0 saturated heterocycles. The van der Waals surface area contributed by atoms with Crippen molar-refractivity contribution in [2.24, 2.45) is 0 Å². The van der Waals surface area contributed by atoms with Gasteiger partial charge in [-0.2, -0.15) is 0 Å². The summed E-state index contributed by atoms with van der Waals surface area (Å²) in [6.07, 6.45) is 0.494. The van der Waals surface area contributed by atoms with Crippen LogP contribution in [0.25, 0.3) is 10.9 Å². The number of aliphatic hydroxyl groups excluding tert-OH is 1. The van der Waals surface area contributed by atoms with Gasteiger partial charge in [0.15, 0.2) is 0 Å². The molecule has 1 aromatic heterocycles. The molecule has 1 atom stereocenters. The van der Waals surface area contributed by atoms with Crippen LogP contribution in [0.2, 0.25) is 5.15 Å². The molecule has 1 heterocycles. The molecular weight excluding hydrogens is 222 g/mol. The summed E-state index contributed by atoms with van der Waals surface area (Å²) in [6.45, 7) is 4.75. The van der Waals surface area contributed by atoms with Crippen LogP contribution in [0, 0.1) is 0 Å². The number of halogens is 1. The zero-order valence-corrected chi connectivity index (χ0v) is 10.3. The second-order valence-electron chi connectivity index (χ2n) is 4.05. The molecule has 16 heavy (non-hydrogen) atoms. The van der Waals surface area contributed by atoms with E-state index in [1.807, 2.05) is 24.3 Å². The smallest absolute Gasteiger partial charge is 0.115 e. The number of hydrogen-bond donors (Lipinski definition) is 1. The molecule has 0 amide bonds. The summed E-state index contributed by atoms with van der Waals surface area (Å²) in [4.78, 5) is 0. The highest BCUT2D eigenvalue weighted by atomic mass is 35.5. The maximum absolute atomic E-state index is 9.79. The summed E-state index contributed by atoms with van der Waals surface area (Å²) in [6, 6.07) is 8.02. The Kier molecular flexibility index (Phi) is 3.22. The molecule has 2 rings (SSSR count). The van der Waals surface area contributed by atoms with Gasteiger partial charge in [0.1, 0.15) is 5.15 Å². The van der Waals surface area contributed by atoms with Crippen molar-refractivity contribution < 1.29 is 5.11 Å². The van der Waals surface area contributed by atoms with E-state index in [1.165, 1.54) is 0 Å². The second-order valence-corrected chi connectivity index (χ2v) is 4.41. The Labute approximate surface area is 100 Å². The Balaban J connectivity index is 2.75. The molecule has 0 radical (unpaired) electrons. The van der Waals surface area contributed by atoms with Gasteiger partial charge in [0.25, 0.3) is 0 Å². The first-order chi connectivity index (χ1) is 7.66. The third-order valence-electron chi connectivity index (χ3n) is 2.81. The highest BCUT2D eigenvalue weighted by Crippen LogP contribution is 2.34. The van der Waals surface area contributed by atoms with Crippen LogP contribution in [-0.4, -0.2) is 9.67 Å². The number of aliphatic hydroxyl groups is 1. The Morgan fingerprint density at radius 1 is 1.38 bits per heavy atom. The number of aryl methyl sites for hydroxylation is 1. The van der Waals surface area contributed by atoms with Crippen LogP contribution in [0.5, 0.6) is 0 Å². The first kappa shape index (κ1) is 11.5. The summed E-state index contributed by atoms with van der Waals surface area (Å²) < 4.78 is 2.07. The van der Waals surface area contributed by atoms with E-state index in [9.17, 15) is 5.11 Å². The minimum atomic E-state index is -0.532. The summed E-state index contributed by atoms with van der Waals surface area (Å²) >= 11 is 6.33. The minimum Gasteiger partial charge on any atom is -0.389 e. The molecule has 1 unspecified atom stereocenters. The van der Waals surface area contributed by atoms with Crippen molar-refractivity contribution in [3.8, 4) is 0 Å². The molecule has 0 aliphatic rings. The summed E-state index contributed by atoms with van der Waals surface area (Å²) in [7, 11) is 0. The number of rotatable bonds is 3. The largest absolute Gasteiger partial charge is 0.389 e. The van der Waals surface area contributed by atoms with Crippen molar-refractivity contribution >= 4 is 22.5 Å². The van der Waals surface area contributed by atoms with Gasteiger partial charge in [-0.15, -0.1) is 0 Å². The van der Waals surface area contributed by atoms with Crippen LogP contribution in [0.4, 0.5) is 0 Å². The van der Waals surface area contributed by atoms with E-state index in [2.05, 4.69) is 11.5 Å². The predicted octanol–water partition coefficient (Wildman–Crippen LogP) is 3.76. The van der Waals surface area contributed by atoms with Crippen LogP contribution in [-0.2, 0) is 6.54 Å². The van der Waals surface area contributed by atoms with Gasteiger partial charge < -0.3 is 9.67 Å². The maximum atomic E-state index is 9.79. The van der Waals surface area contributed by atoms with Gasteiger partial charge in [0, 0.05) is 23.0 Å². The lowest BCUT2D eigenvalue weighted by atomic mass is 10.1. The summed E-state index contributed by atoms with van der Waals surface area (Å²) in [5.41, 5.74) is 1.94. The normalized spacial score (nSPS) is 13.2. The van der Waals surface area contributed by atoms with E-state index in [4.69, 9.17) is 11.6 Å². The Morgan fingerprint density at radius 2 is 2.06 bits per heavy atom. The van der Waals surface area contributed by atoms with Crippen LogP contribution in [0.15, 0.2) is 24.3 Å². The van der Waals surface area contributed by atoms with Gasteiger partial charge in [-0.25, -0.2) is 0 Å². The lowest BCUT2D eigenvalue weighted by Gasteiger charge is -2.05. The number of para-hydroxylation sites is 1. The van der Waals surface area contributed by atoms with E-state index < -0.39 is 6.10 Å². The predicted molar refractivity (Wildman–Crippen MR) is 67.9 cm³/mol. The lowest BCUT2D eigenvalue weighted by molar-refractivity contribution is 0.200. The minimum absolute atomic E-state index is 0.532. The fourth-order valence-electron chi connectivity index (χ4n) is 2.14. The van der Waals surface area contributed by atoms with Crippen LogP contribution in [0.1, 0.15) is 31.9 Å². The van der Waals surface area contributed by atoms with Crippen molar-refractivity contribution in [3.05, 3.63) is 35.0 Å². The fourth-order valence-corrected chi connectivity index (χ4v) is 2.57. The molecular formula is C13H16ClNO. The highest BCUT2D eigenvalue weighted by molar-refractivity contribution is 6.32. The van der Waals surface area contributed by atoms with Gasteiger partial charge in [0.2, 0.25) is 0 Å². The van der Waals surface area contributed by atoms with Crippen LogP contribution >= 0.6 is 11.6 Å². The van der Waals surface area contributed by atoms with E-state index in [0.29, 0.717) is 5.15 Å². The average molecular weight is 238 g/mol. The molecule has 1 N–H and O–H groups in total. The number of nitrogens with zero attached hydrogens (tertiary/aromatic N) is 1. The number of aromatic nitrogens is 1. The summed E-state index contributed by atoms with van der Waals surface area (Å²) in [5.74, 6) is 0. The van der Waals surface area contributed by atoms with E-state index >= 15 is 0 Å². The average Bonchev–Trinajstić information content (AvgIpc) is 2.53. The third-order valence-corrected chi connectivity index (χ3v) is 3.22. The van der Waals surface area contributed by atoms with Crippen molar-refractivity contribution in [1.29, 1.82) is 0 Å². The van der Waals surface area contributed by atoms with Crippen molar-refractivity contribution in [2.45, 2.75) is 32.9 Å². The third kappa shape index (κ3) is 1.72. The van der Waals surface area contributed by atoms with Crippen LogP contribution in [0.3, 0.4) is 0 Å². The lowest BCUT2D eigenvalue weighted by Crippen LogP contribution is -1.97. The quantitative estimate of drug-likeness (QED) is 0.864. The van der Waals surface area contributed by atoms with Gasteiger partial charge in [0.05, 0.1) is 6.10 Å².